The number of alkyl halides is 3. The fraction of sp³-hybridized carbons (Fsp3) is 0.167. The summed E-state index contributed by atoms with van der Waals surface area (Å²) in [6.45, 7) is -1.12. The molecule has 4 aromatic rings. The average Bonchev–Trinajstić information content (AvgIpc) is 3.40. The van der Waals surface area contributed by atoms with Gasteiger partial charge in [-0.15, -0.1) is 0 Å². The third kappa shape index (κ3) is 4.28. The van der Waals surface area contributed by atoms with Crippen LogP contribution in [0.1, 0.15) is 5.82 Å². The second-order valence-electron chi connectivity index (χ2n) is 5.81. The second-order valence-corrected chi connectivity index (χ2v) is 7.53. The molecule has 0 aliphatic heterocycles. The van der Waals surface area contributed by atoms with Crippen molar-refractivity contribution in [1.82, 2.24) is 19.7 Å². The first-order chi connectivity index (χ1) is 13.5. The molecule has 0 aliphatic carbocycles. The van der Waals surface area contributed by atoms with Gasteiger partial charge in [-0.25, -0.2) is 4.98 Å². The number of hydrogen-bond donors (Lipinski definition) is 0. The number of hydrogen-bond acceptors (Lipinski definition) is 6. The van der Waals surface area contributed by atoms with E-state index in [0.717, 1.165) is 17.3 Å². The van der Waals surface area contributed by atoms with Crippen molar-refractivity contribution in [2.45, 2.75) is 23.6 Å². The number of thiophene rings is 1. The van der Waals surface area contributed by atoms with Crippen LogP contribution in [0.3, 0.4) is 0 Å². The maximum atomic E-state index is 13.1. The topological polar surface area (TPSA) is 56.7 Å². The van der Waals surface area contributed by atoms with E-state index in [2.05, 4.69) is 15.1 Å². The molecule has 0 aliphatic rings. The minimum Gasteiger partial charge on any atom is -0.334 e. The van der Waals surface area contributed by atoms with Gasteiger partial charge in [-0.05, 0) is 17.0 Å². The zero-order chi connectivity index (χ0) is 19.6. The summed E-state index contributed by atoms with van der Waals surface area (Å²) in [6, 6.07) is 10.7. The predicted octanol–water partition coefficient (Wildman–Crippen LogP) is 5.52. The molecule has 1 aromatic carbocycles. The number of rotatable bonds is 6. The zero-order valence-electron chi connectivity index (χ0n) is 14.3. The SMILES string of the molecule is FC(F)(F)Cn1c(-c2ccccc2)cnc1SCc1noc(-c2ccsc2)n1. The molecule has 0 atom stereocenters. The van der Waals surface area contributed by atoms with Gasteiger partial charge >= 0.3 is 6.18 Å². The molecular weight excluding hydrogens is 409 g/mol. The Morgan fingerprint density at radius 1 is 1.11 bits per heavy atom. The van der Waals surface area contributed by atoms with Crippen molar-refractivity contribution in [3.05, 3.63) is 59.2 Å². The molecular formula is C18H13F3N4OS2. The summed E-state index contributed by atoms with van der Waals surface area (Å²) < 4.78 is 45.7. The summed E-state index contributed by atoms with van der Waals surface area (Å²) in [5.41, 5.74) is 1.90. The molecule has 0 amide bonds. The van der Waals surface area contributed by atoms with E-state index in [4.69, 9.17) is 4.52 Å². The van der Waals surface area contributed by atoms with Crippen molar-refractivity contribution in [3.63, 3.8) is 0 Å². The number of aromatic nitrogens is 4. The van der Waals surface area contributed by atoms with Crippen LogP contribution >= 0.6 is 23.1 Å². The predicted molar refractivity (Wildman–Crippen MR) is 101 cm³/mol. The summed E-state index contributed by atoms with van der Waals surface area (Å²) in [4.78, 5) is 8.48. The van der Waals surface area contributed by atoms with E-state index in [0.29, 0.717) is 23.0 Å². The van der Waals surface area contributed by atoms with Gasteiger partial charge in [-0.1, -0.05) is 47.3 Å². The van der Waals surface area contributed by atoms with Gasteiger partial charge < -0.3 is 9.09 Å². The van der Waals surface area contributed by atoms with Crippen LogP contribution < -0.4 is 0 Å². The molecule has 10 heteroatoms. The van der Waals surface area contributed by atoms with Crippen molar-refractivity contribution in [1.29, 1.82) is 0 Å². The highest BCUT2D eigenvalue weighted by Gasteiger charge is 2.31. The van der Waals surface area contributed by atoms with Gasteiger partial charge in [0.2, 0.25) is 0 Å². The Morgan fingerprint density at radius 3 is 2.64 bits per heavy atom. The second kappa shape index (κ2) is 7.80. The van der Waals surface area contributed by atoms with E-state index in [1.807, 2.05) is 22.9 Å². The molecule has 3 aromatic heterocycles. The third-order valence-electron chi connectivity index (χ3n) is 3.79. The Balaban J connectivity index is 1.56. The zero-order valence-corrected chi connectivity index (χ0v) is 15.9. The summed E-state index contributed by atoms with van der Waals surface area (Å²) in [5.74, 6) is 1.03. The van der Waals surface area contributed by atoms with Crippen molar-refractivity contribution >= 4 is 23.1 Å². The van der Waals surface area contributed by atoms with Gasteiger partial charge in [-0.2, -0.15) is 29.5 Å². The van der Waals surface area contributed by atoms with Crippen LogP contribution in [0.2, 0.25) is 0 Å². The van der Waals surface area contributed by atoms with Crippen LogP contribution in [-0.4, -0.2) is 25.9 Å². The van der Waals surface area contributed by atoms with Gasteiger partial charge in [0.1, 0.15) is 6.54 Å². The summed E-state index contributed by atoms with van der Waals surface area (Å²) >= 11 is 2.65. The lowest BCUT2D eigenvalue weighted by molar-refractivity contribution is -0.141. The van der Waals surface area contributed by atoms with Gasteiger partial charge in [0.15, 0.2) is 11.0 Å². The highest BCUT2D eigenvalue weighted by molar-refractivity contribution is 7.98. The lowest BCUT2D eigenvalue weighted by Crippen LogP contribution is -2.19. The molecule has 0 bridgehead atoms. The largest absolute Gasteiger partial charge is 0.406 e. The molecule has 0 saturated heterocycles. The molecule has 5 nitrogen and oxygen atoms in total. The van der Waals surface area contributed by atoms with Gasteiger partial charge in [-0.3, -0.25) is 0 Å². The van der Waals surface area contributed by atoms with Crippen LogP contribution in [-0.2, 0) is 12.3 Å². The molecule has 0 fully saturated rings. The van der Waals surface area contributed by atoms with Crippen LogP contribution in [0.5, 0.6) is 0 Å². The summed E-state index contributed by atoms with van der Waals surface area (Å²) in [6.07, 6.45) is -2.91. The van der Waals surface area contributed by atoms with E-state index >= 15 is 0 Å². The van der Waals surface area contributed by atoms with E-state index in [-0.39, 0.29) is 10.9 Å². The number of nitrogens with zero attached hydrogens (tertiary/aromatic N) is 4. The van der Waals surface area contributed by atoms with Crippen LogP contribution in [0.25, 0.3) is 22.7 Å². The molecule has 0 unspecified atom stereocenters. The quantitative estimate of drug-likeness (QED) is 0.383. The highest BCUT2D eigenvalue weighted by Crippen LogP contribution is 2.31. The Kier molecular flexibility index (Phi) is 5.23. The molecule has 0 radical (unpaired) electrons. The monoisotopic (exact) mass is 422 g/mol. The van der Waals surface area contributed by atoms with Crippen LogP contribution in [0, 0.1) is 0 Å². The number of halogens is 3. The summed E-state index contributed by atoms with van der Waals surface area (Å²) in [7, 11) is 0. The fourth-order valence-corrected chi connectivity index (χ4v) is 4.04. The number of benzene rings is 1. The van der Waals surface area contributed by atoms with E-state index in [9.17, 15) is 13.2 Å². The van der Waals surface area contributed by atoms with Crippen molar-refractivity contribution in [3.8, 4) is 22.7 Å². The first kappa shape index (κ1) is 18.8. The number of imidazole rings is 1. The first-order valence-electron chi connectivity index (χ1n) is 8.15. The van der Waals surface area contributed by atoms with Crippen molar-refractivity contribution in [2.24, 2.45) is 0 Å². The Labute approximate surface area is 166 Å². The van der Waals surface area contributed by atoms with Gasteiger partial charge in [0, 0.05) is 5.38 Å². The molecule has 0 saturated carbocycles. The van der Waals surface area contributed by atoms with Crippen molar-refractivity contribution < 1.29 is 17.7 Å². The Morgan fingerprint density at radius 2 is 1.93 bits per heavy atom. The van der Waals surface area contributed by atoms with Crippen molar-refractivity contribution in [2.75, 3.05) is 0 Å². The van der Waals surface area contributed by atoms with Gasteiger partial charge in [0.25, 0.3) is 5.89 Å². The van der Waals surface area contributed by atoms with Crippen LogP contribution in [0.4, 0.5) is 13.2 Å². The molecule has 144 valence electrons. The molecule has 28 heavy (non-hydrogen) atoms. The Hall–Kier alpha value is -2.59. The number of thioether (sulfide) groups is 1. The molecule has 0 spiro atoms. The smallest absolute Gasteiger partial charge is 0.334 e. The standard InChI is InChI=1S/C18H13F3N4OS2/c19-18(20,21)11-25-14(12-4-2-1-3-5-12)8-22-17(25)28-10-15-23-16(26-24-15)13-6-7-27-9-13/h1-9H,10-11H2. The fourth-order valence-electron chi connectivity index (χ4n) is 2.59. The lowest BCUT2D eigenvalue weighted by Gasteiger charge is -2.13. The molecule has 4 rings (SSSR count). The first-order valence-corrected chi connectivity index (χ1v) is 10.1. The van der Waals surface area contributed by atoms with E-state index in [1.54, 1.807) is 24.3 Å². The van der Waals surface area contributed by atoms with Crippen LogP contribution in [0.15, 0.2) is 63.0 Å². The third-order valence-corrected chi connectivity index (χ3v) is 5.46. The molecule has 3 heterocycles. The highest BCUT2D eigenvalue weighted by atomic mass is 32.2. The lowest BCUT2D eigenvalue weighted by atomic mass is 10.2. The summed E-state index contributed by atoms with van der Waals surface area (Å²) in [5, 5.41) is 7.92. The normalized spacial score (nSPS) is 11.8. The van der Waals surface area contributed by atoms with Gasteiger partial charge in [0.05, 0.1) is 23.2 Å². The maximum absolute atomic E-state index is 13.1. The Bertz CT molecular complexity index is 1040. The van der Waals surface area contributed by atoms with E-state index < -0.39 is 12.7 Å². The minimum absolute atomic E-state index is 0.247. The maximum Gasteiger partial charge on any atom is 0.406 e. The van der Waals surface area contributed by atoms with E-state index in [1.165, 1.54) is 22.1 Å². The average molecular weight is 422 g/mol. The molecule has 0 N–H and O–H groups in total. The minimum atomic E-state index is -4.36.